The highest BCUT2D eigenvalue weighted by Gasteiger charge is 2.28. The molecule has 0 spiro atoms. The Bertz CT molecular complexity index is 1490. The summed E-state index contributed by atoms with van der Waals surface area (Å²) in [6.07, 6.45) is 2.13. The van der Waals surface area contributed by atoms with E-state index in [9.17, 15) is 4.79 Å². The Kier molecular flexibility index (Phi) is 6.43. The molecule has 2 atom stereocenters. The van der Waals surface area contributed by atoms with E-state index in [-0.39, 0.29) is 24.0 Å². The normalized spacial score (nSPS) is 17.8. The summed E-state index contributed by atoms with van der Waals surface area (Å²) in [6, 6.07) is 13.1. The number of fused-ring (bicyclic) bond motifs is 2. The van der Waals surface area contributed by atoms with E-state index in [1.54, 1.807) is 6.07 Å². The minimum absolute atomic E-state index is 0.0456. The Morgan fingerprint density at radius 3 is 2.54 bits per heavy atom. The zero-order valence-electron chi connectivity index (χ0n) is 21.9. The summed E-state index contributed by atoms with van der Waals surface area (Å²) < 4.78 is 20.4. The summed E-state index contributed by atoms with van der Waals surface area (Å²) >= 11 is 0. The summed E-state index contributed by atoms with van der Waals surface area (Å²) in [6.45, 7) is 9.39. The lowest BCUT2D eigenvalue weighted by Gasteiger charge is -2.22. The number of nitrogens with one attached hydrogen (secondary N) is 2. The molecule has 2 heterocycles. The second-order valence-corrected chi connectivity index (χ2v) is 10.8. The summed E-state index contributed by atoms with van der Waals surface area (Å²) in [5, 5.41) is 8.14. The Morgan fingerprint density at radius 1 is 1.00 bits per heavy atom. The number of carbonyl (C=O) groups is 1. The number of anilines is 1. The number of carbonyl (C=O) groups excluding carboxylic acids is 1. The molecule has 0 unspecified atom stereocenters. The number of aromatic nitrogens is 3. The summed E-state index contributed by atoms with van der Waals surface area (Å²) in [5.41, 5.74) is 3.78. The fourth-order valence-corrected chi connectivity index (χ4v) is 4.94. The number of pyridine rings is 1. The van der Waals surface area contributed by atoms with E-state index in [1.807, 2.05) is 65.0 Å². The number of aryl methyl sites for hydroxylation is 2. The Balaban J connectivity index is 1.36. The molecule has 4 aromatic rings. The van der Waals surface area contributed by atoms with Gasteiger partial charge in [-0.1, -0.05) is 12.1 Å². The van der Waals surface area contributed by atoms with Gasteiger partial charge in [-0.15, -0.1) is 0 Å². The topological polar surface area (TPSA) is 89.0 Å². The van der Waals surface area contributed by atoms with Gasteiger partial charge in [0, 0.05) is 34.1 Å². The van der Waals surface area contributed by atoms with Gasteiger partial charge >= 0.3 is 6.09 Å². The molecule has 1 amide bonds. The first-order chi connectivity index (χ1) is 17.6. The number of rotatable bonds is 4. The molecule has 2 N–H and O–H groups in total. The van der Waals surface area contributed by atoms with Crippen LogP contribution < -0.4 is 10.6 Å². The zero-order valence-corrected chi connectivity index (χ0v) is 21.9. The van der Waals surface area contributed by atoms with E-state index in [2.05, 4.69) is 20.6 Å². The SMILES string of the molecule is Cc1ccc2ccc(F)c(-c3ccc4nc(N[C@H]5CC[C@@H](NC(=O)OC(C)(C)C)C5)nc(C)c4c3)c2n1. The number of amides is 1. The standard InChI is InChI=1S/C29H32FN5O2/c1-16-6-7-18-8-12-23(30)25(26(18)31-16)19-9-13-24-22(14-19)17(2)32-27(35-24)33-20-10-11-21(15-20)34-28(36)37-29(3,4)5/h6-9,12-14,20-21H,10-11,15H2,1-5H3,(H,34,36)(H,32,33,35)/t20-,21+/m0/s1. The average molecular weight is 502 g/mol. The maximum Gasteiger partial charge on any atom is 0.407 e. The summed E-state index contributed by atoms with van der Waals surface area (Å²) in [5.74, 6) is 0.242. The number of alkyl carbamates (subject to hydrolysis) is 1. The Labute approximate surface area is 215 Å². The predicted molar refractivity (Wildman–Crippen MR) is 144 cm³/mol. The third kappa shape index (κ3) is 5.48. The molecule has 1 aliphatic rings. The number of benzene rings is 2. The van der Waals surface area contributed by atoms with Crippen molar-refractivity contribution in [3.05, 3.63) is 59.7 Å². The van der Waals surface area contributed by atoms with Gasteiger partial charge in [-0.3, -0.25) is 4.98 Å². The van der Waals surface area contributed by atoms with Crippen molar-refractivity contribution in [1.82, 2.24) is 20.3 Å². The quantitative estimate of drug-likeness (QED) is 0.334. The molecule has 37 heavy (non-hydrogen) atoms. The maximum atomic E-state index is 15.0. The molecule has 8 heteroatoms. The van der Waals surface area contributed by atoms with Crippen molar-refractivity contribution in [2.24, 2.45) is 0 Å². The number of nitrogens with zero attached hydrogens (tertiary/aromatic N) is 3. The lowest BCUT2D eigenvalue weighted by Crippen LogP contribution is -2.38. The van der Waals surface area contributed by atoms with Crippen LogP contribution in [0, 0.1) is 19.7 Å². The van der Waals surface area contributed by atoms with Crippen molar-refractivity contribution in [3.8, 4) is 11.1 Å². The fraction of sp³-hybridized carbons (Fsp3) is 0.379. The molecular weight excluding hydrogens is 469 g/mol. The maximum absolute atomic E-state index is 15.0. The average Bonchev–Trinajstić information content (AvgIpc) is 3.24. The van der Waals surface area contributed by atoms with Crippen LogP contribution in [0.2, 0.25) is 0 Å². The van der Waals surface area contributed by atoms with E-state index in [0.29, 0.717) is 17.0 Å². The third-order valence-electron chi connectivity index (χ3n) is 6.61. The lowest BCUT2D eigenvalue weighted by atomic mass is 9.99. The molecule has 2 aromatic carbocycles. The van der Waals surface area contributed by atoms with Gasteiger partial charge in [0.1, 0.15) is 11.4 Å². The second-order valence-electron chi connectivity index (χ2n) is 10.8. The molecule has 1 aliphatic carbocycles. The zero-order chi connectivity index (χ0) is 26.3. The van der Waals surface area contributed by atoms with Gasteiger partial charge in [-0.05, 0) is 89.8 Å². The molecule has 0 radical (unpaired) electrons. The van der Waals surface area contributed by atoms with Gasteiger partial charge in [0.15, 0.2) is 0 Å². The molecule has 192 valence electrons. The smallest absolute Gasteiger partial charge is 0.407 e. The van der Waals surface area contributed by atoms with Gasteiger partial charge in [0.05, 0.1) is 16.7 Å². The highest BCUT2D eigenvalue weighted by Crippen LogP contribution is 2.33. The van der Waals surface area contributed by atoms with E-state index >= 15 is 4.39 Å². The summed E-state index contributed by atoms with van der Waals surface area (Å²) in [4.78, 5) is 26.1. The van der Waals surface area contributed by atoms with Crippen LogP contribution in [0.15, 0.2) is 42.5 Å². The minimum atomic E-state index is -0.522. The van der Waals surface area contributed by atoms with Crippen molar-refractivity contribution in [3.63, 3.8) is 0 Å². The Hall–Kier alpha value is -3.81. The molecule has 7 nitrogen and oxygen atoms in total. The third-order valence-corrected chi connectivity index (χ3v) is 6.61. The first kappa shape index (κ1) is 24.9. The number of hydrogen-bond acceptors (Lipinski definition) is 6. The number of halogens is 1. The molecule has 2 aromatic heterocycles. The van der Waals surface area contributed by atoms with Crippen molar-refractivity contribution in [1.29, 1.82) is 0 Å². The second kappa shape index (κ2) is 9.57. The largest absolute Gasteiger partial charge is 0.444 e. The minimum Gasteiger partial charge on any atom is -0.444 e. The van der Waals surface area contributed by atoms with Gasteiger partial charge in [0.2, 0.25) is 5.95 Å². The molecular formula is C29H32FN5O2. The highest BCUT2D eigenvalue weighted by atomic mass is 19.1. The van der Waals surface area contributed by atoms with Crippen LogP contribution >= 0.6 is 0 Å². The fourth-order valence-electron chi connectivity index (χ4n) is 4.94. The van der Waals surface area contributed by atoms with Crippen LogP contribution in [0.25, 0.3) is 32.9 Å². The molecule has 5 rings (SSSR count). The molecule has 0 saturated heterocycles. The van der Waals surface area contributed by atoms with Crippen molar-refractivity contribution < 1.29 is 13.9 Å². The van der Waals surface area contributed by atoms with Crippen molar-refractivity contribution in [2.75, 3.05) is 5.32 Å². The summed E-state index contributed by atoms with van der Waals surface area (Å²) in [7, 11) is 0. The van der Waals surface area contributed by atoms with Gasteiger partial charge in [-0.25, -0.2) is 19.2 Å². The van der Waals surface area contributed by atoms with Gasteiger partial charge in [-0.2, -0.15) is 0 Å². The molecule has 0 aliphatic heterocycles. The van der Waals surface area contributed by atoms with Crippen molar-refractivity contribution in [2.45, 2.75) is 71.6 Å². The molecule has 1 fully saturated rings. The van der Waals surface area contributed by atoms with E-state index < -0.39 is 5.60 Å². The van der Waals surface area contributed by atoms with E-state index in [4.69, 9.17) is 9.72 Å². The lowest BCUT2D eigenvalue weighted by molar-refractivity contribution is 0.0505. The van der Waals surface area contributed by atoms with E-state index in [0.717, 1.165) is 52.5 Å². The van der Waals surface area contributed by atoms with Crippen LogP contribution in [-0.2, 0) is 4.74 Å². The van der Waals surface area contributed by atoms with Crippen molar-refractivity contribution >= 4 is 33.8 Å². The van der Waals surface area contributed by atoms with Gasteiger partial charge in [0.25, 0.3) is 0 Å². The van der Waals surface area contributed by atoms with Crippen LogP contribution in [0.5, 0.6) is 0 Å². The number of hydrogen-bond donors (Lipinski definition) is 2. The van der Waals surface area contributed by atoms with Crippen LogP contribution in [-0.4, -0.2) is 38.7 Å². The number of ether oxygens (including phenoxy) is 1. The van der Waals surface area contributed by atoms with Gasteiger partial charge < -0.3 is 15.4 Å². The molecule has 1 saturated carbocycles. The van der Waals surface area contributed by atoms with Crippen LogP contribution in [0.3, 0.4) is 0 Å². The monoisotopic (exact) mass is 501 g/mol. The van der Waals surface area contributed by atoms with Crippen LogP contribution in [0.4, 0.5) is 15.1 Å². The van der Waals surface area contributed by atoms with Crippen LogP contribution in [0.1, 0.15) is 51.4 Å². The van der Waals surface area contributed by atoms with E-state index in [1.165, 1.54) is 6.07 Å². The first-order valence-electron chi connectivity index (χ1n) is 12.7. The Morgan fingerprint density at radius 2 is 1.76 bits per heavy atom. The predicted octanol–water partition coefficient (Wildman–Crippen LogP) is 6.46. The molecule has 0 bridgehead atoms. The highest BCUT2D eigenvalue weighted by molar-refractivity contribution is 5.97. The first-order valence-corrected chi connectivity index (χ1v) is 12.7.